The molecule has 0 fully saturated rings. The third-order valence-corrected chi connectivity index (χ3v) is 3.58. The van der Waals surface area contributed by atoms with E-state index < -0.39 is 0 Å². The minimum absolute atomic E-state index is 0.000457. The van der Waals surface area contributed by atoms with Gasteiger partial charge >= 0.3 is 0 Å². The Morgan fingerprint density at radius 3 is 3.00 bits per heavy atom. The number of rotatable bonds is 5. The van der Waals surface area contributed by atoms with Gasteiger partial charge in [0.2, 0.25) is 5.91 Å². The van der Waals surface area contributed by atoms with Crippen molar-refractivity contribution in [3.63, 3.8) is 0 Å². The summed E-state index contributed by atoms with van der Waals surface area (Å²) in [5.41, 5.74) is 0.992. The highest BCUT2D eigenvalue weighted by Crippen LogP contribution is 2.20. The summed E-state index contributed by atoms with van der Waals surface area (Å²) in [6, 6.07) is 5.67. The van der Waals surface area contributed by atoms with Gasteiger partial charge in [-0.25, -0.2) is 4.98 Å². The molecule has 5 nitrogen and oxygen atoms in total. The molecule has 2 aromatic heterocycles. The first-order chi connectivity index (χ1) is 9.15. The Kier molecular flexibility index (Phi) is 4.57. The smallest absolute Gasteiger partial charge is 0.233 e. The Labute approximate surface area is 116 Å². The molecule has 0 radical (unpaired) electrons. The fourth-order valence-corrected chi connectivity index (χ4v) is 2.38. The lowest BCUT2D eigenvalue weighted by Crippen LogP contribution is -2.30. The van der Waals surface area contributed by atoms with Crippen molar-refractivity contribution in [1.29, 1.82) is 0 Å². The van der Waals surface area contributed by atoms with Crippen molar-refractivity contribution in [2.75, 3.05) is 0 Å². The van der Waals surface area contributed by atoms with Gasteiger partial charge in [-0.15, -0.1) is 0 Å². The monoisotopic (exact) mass is 276 g/mol. The number of aromatic nitrogens is 3. The normalized spacial score (nSPS) is 12.1. The largest absolute Gasteiger partial charge is 0.351 e. The zero-order valence-corrected chi connectivity index (χ0v) is 11.7. The van der Waals surface area contributed by atoms with E-state index in [0.29, 0.717) is 6.54 Å². The van der Waals surface area contributed by atoms with Crippen LogP contribution in [-0.4, -0.2) is 25.9 Å². The number of pyridine rings is 1. The van der Waals surface area contributed by atoms with Crippen LogP contribution >= 0.6 is 11.8 Å². The molecular formula is C13H16N4OS. The molecule has 0 aliphatic carbocycles. The van der Waals surface area contributed by atoms with Gasteiger partial charge in [0.25, 0.3) is 0 Å². The predicted molar refractivity (Wildman–Crippen MR) is 74.6 cm³/mol. The third kappa shape index (κ3) is 4.10. The number of hydrogen-bond donors (Lipinski definition) is 1. The highest BCUT2D eigenvalue weighted by atomic mass is 32.2. The average molecular weight is 276 g/mol. The molecule has 1 amide bonds. The van der Waals surface area contributed by atoms with Crippen LogP contribution in [-0.2, 0) is 18.4 Å². The molecule has 0 aliphatic heterocycles. The number of aryl methyl sites for hydroxylation is 1. The molecule has 100 valence electrons. The second-order valence-electron chi connectivity index (χ2n) is 4.17. The molecule has 0 spiro atoms. The third-order valence-electron chi connectivity index (χ3n) is 2.53. The average Bonchev–Trinajstić information content (AvgIpc) is 2.83. The molecule has 0 bridgehead atoms. The van der Waals surface area contributed by atoms with E-state index in [0.717, 1.165) is 10.6 Å². The van der Waals surface area contributed by atoms with Gasteiger partial charge in [0.05, 0.1) is 16.5 Å². The van der Waals surface area contributed by atoms with Gasteiger partial charge < -0.3 is 5.32 Å². The molecule has 0 aromatic carbocycles. The SMILES string of the molecule is C[C@H](Sc1ccccn1)C(=O)NCc1cnn(C)c1. The van der Waals surface area contributed by atoms with Crippen molar-refractivity contribution in [1.82, 2.24) is 20.1 Å². The van der Waals surface area contributed by atoms with Crippen molar-refractivity contribution in [3.8, 4) is 0 Å². The maximum Gasteiger partial charge on any atom is 0.233 e. The molecule has 2 rings (SSSR count). The van der Waals surface area contributed by atoms with Gasteiger partial charge in [-0.2, -0.15) is 5.10 Å². The summed E-state index contributed by atoms with van der Waals surface area (Å²) in [5.74, 6) is -0.000457. The zero-order valence-electron chi connectivity index (χ0n) is 10.9. The first-order valence-electron chi connectivity index (χ1n) is 5.98. The molecule has 1 atom stereocenters. The van der Waals surface area contributed by atoms with Crippen molar-refractivity contribution in [2.45, 2.75) is 23.7 Å². The number of thioether (sulfide) groups is 1. The fourth-order valence-electron chi connectivity index (χ4n) is 1.55. The van der Waals surface area contributed by atoms with E-state index >= 15 is 0 Å². The van der Waals surface area contributed by atoms with Crippen LogP contribution in [0.5, 0.6) is 0 Å². The van der Waals surface area contributed by atoms with Gasteiger partial charge in [-0.3, -0.25) is 9.48 Å². The number of hydrogen-bond acceptors (Lipinski definition) is 4. The predicted octanol–water partition coefficient (Wildman–Crippen LogP) is 1.61. The van der Waals surface area contributed by atoms with Crippen LogP contribution in [0.15, 0.2) is 41.8 Å². The molecule has 19 heavy (non-hydrogen) atoms. The van der Waals surface area contributed by atoms with Crippen LogP contribution in [0.4, 0.5) is 0 Å². The number of amides is 1. The second-order valence-corrected chi connectivity index (χ2v) is 5.53. The topological polar surface area (TPSA) is 59.8 Å². The number of carbonyl (C=O) groups excluding carboxylic acids is 1. The standard InChI is InChI=1S/C13H16N4OS/c1-10(19-12-5-3-4-6-14-12)13(18)15-7-11-8-16-17(2)9-11/h3-6,8-10H,7H2,1-2H3,(H,15,18)/t10-/m0/s1. The Bertz CT molecular complexity index is 541. The Hall–Kier alpha value is -1.82. The molecule has 0 unspecified atom stereocenters. The van der Waals surface area contributed by atoms with Gasteiger partial charge in [-0.05, 0) is 19.1 Å². The molecular weight excluding hydrogens is 260 g/mol. The first-order valence-corrected chi connectivity index (χ1v) is 6.86. The molecule has 1 N–H and O–H groups in total. The van der Waals surface area contributed by atoms with Gasteiger partial charge in [0, 0.05) is 31.5 Å². The lowest BCUT2D eigenvalue weighted by atomic mass is 10.3. The van der Waals surface area contributed by atoms with E-state index in [-0.39, 0.29) is 11.2 Å². The van der Waals surface area contributed by atoms with Crippen LogP contribution in [0, 0.1) is 0 Å². The molecule has 0 saturated heterocycles. The van der Waals surface area contributed by atoms with Crippen LogP contribution in [0.1, 0.15) is 12.5 Å². The highest BCUT2D eigenvalue weighted by molar-refractivity contribution is 8.00. The summed E-state index contributed by atoms with van der Waals surface area (Å²) in [7, 11) is 1.85. The van der Waals surface area contributed by atoms with Crippen molar-refractivity contribution in [3.05, 3.63) is 42.4 Å². The summed E-state index contributed by atoms with van der Waals surface area (Å²) >= 11 is 1.45. The van der Waals surface area contributed by atoms with E-state index in [4.69, 9.17) is 0 Å². The van der Waals surface area contributed by atoms with Gasteiger partial charge in [0.15, 0.2) is 0 Å². The lowest BCUT2D eigenvalue weighted by Gasteiger charge is -2.10. The van der Waals surface area contributed by atoms with Gasteiger partial charge in [-0.1, -0.05) is 17.8 Å². The molecule has 6 heteroatoms. The molecule has 2 aromatic rings. The summed E-state index contributed by atoms with van der Waals surface area (Å²) in [4.78, 5) is 16.1. The molecule has 0 saturated carbocycles. The number of nitrogens with one attached hydrogen (secondary N) is 1. The zero-order chi connectivity index (χ0) is 13.7. The maximum atomic E-state index is 11.9. The minimum Gasteiger partial charge on any atom is -0.351 e. The van der Waals surface area contributed by atoms with Crippen molar-refractivity contribution >= 4 is 17.7 Å². The quantitative estimate of drug-likeness (QED) is 0.843. The van der Waals surface area contributed by atoms with E-state index in [9.17, 15) is 4.79 Å². The summed E-state index contributed by atoms with van der Waals surface area (Å²) in [6.45, 7) is 2.37. The van der Waals surface area contributed by atoms with Crippen LogP contribution in [0.25, 0.3) is 0 Å². The molecule has 2 heterocycles. The van der Waals surface area contributed by atoms with Crippen LogP contribution in [0.3, 0.4) is 0 Å². The van der Waals surface area contributed by atoms with E-state index in [1.807, 2.05) is 38.4 Å². The van der Waals surface area contributed by atoms with Crippen molar-refractivity contribution in [2.24, 2.45) is 7.05 Å². The Morgan fingerprint density at radius 1 is 1.53 bits per heavy atom. The van der Waals surface area contributed by atoms with E-state index in [2.05, 4.69) is 15.4 Å². The number of nitrogens with zero attached hydrogens (tertiary/aromatic N) is 3. The number of carbonyl (C=O) groups is 1. The van der Waals surface area contributed by atoms with E-state index in [1.54, 1.807) is 17.1 Å². The summed E-state index contributed by atoms with van der Waals surface area (Å²) in [6.07, 6.45) is 5.36. The van der Waals surface area contributed by atoms with Crippen LogP contribution < -0.4 is 5.32 Å². The second kappa shape index (κ2) is 6.38. The maximum absolute atomic E-state index is 11.9. The minimum atomic E-state index is -0.174. The first kappa shape index (κ1) is 13.6. The van der Waals surface area contributed by atoms with Gasteiger partial charge in [0.1, 0.15) is 0 Å². The lowest BCUT2D eigenvalue weighted by molar-refractivity contribution is -0.120. The van der Waals surface area contributed by atoms with E-state index in [1.165, 1.54) is 11.8 Å². The summed E-state index contributed by atoms with van der Waals surface area (Å²) < 4.78 is 1.72. The fraction of sp³-hybridized carbons (Fsp3) is 0.308. The van der Waals surface area contributed by atoms with Crippen molar-refractivity contribution < 1.29 is 4.79 Å². The highest BCUT2D eigenvalue weighted by Gasteiger charge is 2.14. The Morgan fingerprint density at radius 2 is 2.37 bits per heavy atom. The summed E-state index contributed by atoms with van der Waals surface area (Å²) in [5, 5.41) is 7.63. The molecule has 0 aliphatic rings. The van der Waals surface area contributed by atoms with Crippen LogP contribution in [0.2, 0.25) is 0 Å². The Balaban J connectivity index is 1.82.